The first-order valence-electron chi connectivity index (χ1n) is 7.51. The van der Waals surface area contributed by atoms with Crippen molar-refractivity contribution in [2.75, 3.05) is 0 Å². The Balaban J connectivity index is 2.05. The molecule has 2 heterocycles. The van der Waals surface area contributed by atoms with Crippen molar-refractivity contribution >= 4 is 43.0 Å². The van der Waals surface area contributed by atoms with Gasteiger partial charge >= 0.3 is 0 Å². The van der Waals surface area contributed by atoms with E-state index < -0.39 is 9.84 Å². The molecule has 0 aliphatic carbocycles. The lowest BCUT2D eigenvalue weighted by molar-refractivity contribution is 0.598. The van der Waals surface area contributed by atoms with E-state index in [4.69, 9.17) is 11.6 Å². The van der Waals surface area contributed by atoms with Gasteiger partial charge in [0.15, 0.2) is 0 Å². The van der Waals surface area contributed by atoms with Gasteiger partial charge in [-0.25, -0.2) is 13.4 Å². The number of hydrogen-bond acceptors (Lipinski definition) is 4. The van der Waals surface area contributed by atoms with E-state index in [-0.39, 0.29) is 4.90 Å². The molecule has 25 heavy (non-hydrogen) atoms. The van der Waals surface area contributed by atoms with Crippen molar-refractivity contribution in [1.29, 1.82) is 0 Å². The number of nitrogens with zero attached hydrogens (tertiary/aromatic N) is 1. The van der Waals surface area contributed by atoms with E-state index in [0.717, 1.165) is 10.9 Å². The third kappa shape index (κ3) is 2.84. The smallest absolute Gasteiger partial charge is 0.216 e. The topological polar surface area (TPSA) is 47.0 Å². The summed E-state index contributed by atoms with van der Waals surface area (Å²) in [7, 11) is -3.64. The van der Waals surface area contributed by atoms with E-state index in [9.17, 15) is 8.42 Å². The number of sulfone groups is 1. The molecule has 0 saturated heterocycles. The quantitative estimate of drug-likeness (QED) is 0.471. The van der Waals surface area contributed by atoms with E-state index in [1.54, 1.807) is 48.7 Å². The van der Waals surface area contributed by atoms with Crippen LogP contribution in [0.15, 0.2) is 82.0 Å². The van der Waals surface area contributed by atoms with Crippen molar-refractivity contribution in [1.82, 2.24) is 4.98 Å². The van der Waals surface area contributed by atoms with Gasteiger partial charge in [0.05, 0.1) is 4.90 Å². The first-order valence-corrected chi connectivity index (χ1v) is 10.2. The molecule has 0 spiro atoms. The van der Waals surface area contributed by atoms with Crippen LogP contribution in [0.4, 0.5) is 0 Å². The molecule has 0 fully saturated rings. The molecule has 0 radical (unpaired) electrons. The lowest BCUT2D eigenvalue weighted by Crippen LogP contribution is -2.01. The van der Waals surface area contributed by atoms with Crippen LogP contribution in [0, 0.1) is 0 Å². The maximum Gasteiger partial charge on any atom is 0.216 e. The number of aromatic nitrogens is 1. The molecule has 3 nitrogen and oxygen atoms in total. The fourth-order valence-corrected chi connectivity index (χ4v) is 5.91. The van der Waals surface area contributed by atoms with E-state index in [1.807, 2.05) is 24.3 Å². The molecule has 0 atom stereocenters. The summed E-state index contributed by atoms with van der Waals surface area (Å²) < 4.78 is 26.7. The minimum absolute atomic E-state index is 0.275. The van der Waals surface area contributed by atoms with Crippen molar-refractivity contribution in [3.8, 4) is 11.1 Å². The number of benzene rings is 2. The van der Waals surface area contributed by atoms with Crippen molar-refractivity contribution in [3.63, 3.8) is 0 Å². The molecule has 0 aliphatic heterocycles. The number of rotatable bonds is 3. The van der Waals surface area contributed by atoms with E-state index in [2.05, 4.69) is 4.98 Å². The number of fused-ring (bicyclic) bond motifs is 1. The molecule has 2 aromatic carbocycles. The Kier molecular flexibility index (Phi) is 4.07. The van der Waals surface area contributed by atoms with E-state index in [1.165, 1.54) is 11.3 Å². The molecule has 0 amide bonds. The van der Waals surface area contributed by atoms with Gasteiger partial charge in [-0.05, 0) is 42.0 Å². The summed E-state index contributed by atoms with van der Waals surface area (Å²) in [5, 5.41) is 1.43. The molecule has 4 aromatic rings. The van der Waals surface area contributed by atoms with Crippen molar-refractivity contribution < 1.29 is 8.42 Å². The number of thiophene rings is 1. The largest absolute Gasteiger partial charge is 0.245 e. The van der Waals surface area contributed by atoms with Crippen LogP contribution in [0.1, 0.15) is 0 Å². The Labute approximate surface area is 154 Å². The average molecular weight is 386 g/mol. The fraction of sp³-hybridized carbons (Fsp3) is 0. The summed E-state index contributed by atoms with van der Waals surface area (Å²) in [5.41, 5.74) is 1.48. The number of pyridine rings is 1. The molecule has 0 unspecified atom stereocenters. The highest BCUT2D eigenvalue weighted by Gasteiger charge is 2.27. The standard InChI is InChI=1S/C19H12ClNO2S2/c20-14-10-8-13(9-11-14)17-16-7-4-12-21-18(16)24-19(17)25(22,23)15-5-2-1-3-6-15/h1-12H. The summed E-state index contributed by atoms with van der Waals surface area (Å²) >= 11 is 7.18. The van der Waals surface area contributed by atoms with E-state index >= 15 is 0 Å². The minimum Gasteiger partial charge on any atom is -0.245 e. The number of halogens is 1. The van der Waals surface area contributed by atoms with E-state index in [0.29, 0.717) is 19.6 Å². The fourth-order valence-electron chi connectivity index (χ4n) is 2.70. The van der Waals surface area contributed by atoms with Crippen LogP contribution in [0.3, 0.4) is 0 Å². The second-order valence-corrected chi connectivity index (χ2v) is 9.02. The minimum atomic E-state index is -3.64. The molecule has 0 saturated carbocycles. The Bertz CT molecular complexity index is 1150. The molecule has 4 rings (SSSR count). The van der Waals surface area contributed by atoms with Crippen LogP contribution in [-0.2, 0) is 9.84 Å². The van der Waals surface area contributed by atoms with Gasteiger partial charge in [-0.1, -0.05) is 41.9 Å². The van der Waals surface area contributed by atoms with Crippen molar-refractivity contribution in [2.45, 2.75) is 9.10 Å². The molecule has 0 bridgehead atoms. The summed E-state index contributed by atoms with van der Waals surface area (Å²) in [6.45, 7) is 0. The summed E-state index contributed by atoms with van der Waals surface area (Å²) in [6.07, 6.45) is 1.67. The van der Waals surface area contributed by atoms with Crippen LogP contribution in [-0.4, -0.2) is 13.4 Å². The third-order valence-corrected chi connectivity index (χ3v) is 7.52. The lowest BCUT2D eigenvalue weighted by Gasteiger charge is -2.07. The van der Waals surface area contributed by atoms with Crippen molar-refractivity contribution in [3.05, 3.63) is 77.9 Å². The first-order chi connectivity index (χ1) is 12.1. The van der Waals surface area contributed by atoms with Crippen LogP contribution < -0.4 is 0 Å². The lowest BCUT2D eigenvalue weighted by atomic mass is 10.1. The zero-order valence-corrected chi connectivity index (χ0v) is 15.3. The van der Waals surface area contributed by atoms with Crippen LogP contribution in [0.2, 0.25) is 5.02 Å². The number of hydrogen-bond donors (Lipinski definition) is 0. The van der Waals surface area contributed by atoms with Gasteiger partial charge in [0.25, 0.3) is 0 Å². The Hall–Kier alpha value is -2.21. The van der Waals surface area contributed by atoms with Gasteiger partial charge in [-0.15, -0.1) is 11.3 Å². The van der Waals surface area contributed by atoms with Crippen LogP contribution in [0.25, 0.3) is 21.3 Å². The highest BCUT2D eigenvalue weighted by atomic mass is 35.5. The Morgan fingerprint density at radius 2 is 1.60 bits per heavy atom. The normalized spacial score (nSPS) is 11.7. The zero-order chi connectivity index (χ0) is 17.4. The SMILES string of the molecule is O=S(=O)(c1ccccc1)c1sc2ncccc2c1-c1ccc(Cl)cc1. The second kappa shape index (κ2) is 6.26. The zero-order valence-electron chi connectivity index (χ0n) is 12.9. The average Bonchev–Trinajstić information content (AvgIpc) is 3.03. The van der Waals surface area contributed by atoms with Crippen LogP contribution in [0.5, 0.6) is 0 Å². The van der Waals surface area contributed by atoms with Crippen molar-refractivity contribution in [2.24, 2.45) is 0 Å². The first kappa shape index (κ1) is 16.3. The molecular weight excluding hydrogens is 374 g/mol. The molecule has 6 heteroatoms. The van der Waals surface area contributed by atoms with Gasteiger partial charge < -0.3 is 0 Å². The van der Waals surface area contributed by atoms with Gasteiger partial charge in [0, 0.05) is 22.2 Å². The second-order valence-electron chi connectivity index (χ2n) is 5.44. The third-order valence-electron chi connectivity index (χ3n) is 3.86. The molecule has 0 aliphatic rings. The predicted octanol–water partition coefficient (Wildman–Crippen LogP) is 5.45. The summed E-state index contributed by atoms with van der Waals surface area (Å²) in [4.78, 5) is 5.31. The molecule has 0 N–H and O–H groups in total. The molecule has 2 aromatic heterocycles. The highest BCUT2D eigenvalue weighted by molar-refractivity contribution is 7.93. The maximum atomic E-state index is 13.2. The Morgan fingerprint density at radius 3 is 2.32 bits per heavy atom. The Morgan fingerprint density at radius 1 is 0.880 bits per heavy atom. The van der Waals surface area contributed by atoms with Gasteiger partial charge in [-0.3, -0.25) is 0 Å². The monoisotopic (exact) mass is 385 g/mol. The highest BCUT2D eigenvalue weighted by Crippen LogP contribution is 2.42. The summed E-state index contributed by atoms with van der Waals surface area (Å²) in [5.74, 6) is 0. The maximum absolute atomic E-state index is 13.2. The molecule has 124 valence electrons. The van der Waals surface area contributed by atoms with Gasteiger partial charge in [-0.2, -0.15) is 0 Å². The summed E-state index contributed by atoms with van der Waals surface area (Å²) in [6, 6.07) is 19.4. The van der Waals surface area contributed by atoms with Crippen LogP contribution >= 0.6 is 22.9 Å². The predicted molar refractivity (Wildman–Crippen MR) is 102 cm³/mol. The molecular formula is C19H12ClNO2S2. The van der Waals surface area contributed by atoms with Gasteiger partial charge in [0.1, 0.15) is 9.04 Å². The van der Waals surface area contributed by atoms with Gasteiger partial charge in [0.2, 0.25) is 9.84 Å².